The van der Waals surface area contributed by atoms with E-state index in [0.717, 1.165) is 0 Å². The second kappa shape index (κ2) is 6.48. The predicted octanol–water partition coefficient (Wildman–Crippen LogP) is 0.0984. The Kier molecular flexibility index (Phi) is 6.03. The van der Waals surface area contributed by atoms with Crippen LogP contribution in [0.25, 0.3) is 0 Å². The van der Waals surface area contributed by atoms with Gasteiger partial charge in [0, 0.05) is 25.0 Å². The molecular weight excluding hydrogens is 206 g/mol. The molecule has 0 aliphatic heterocycles. The van der Waals surface area contributed by atoms with E-state index in [1.54, 1.807) is 18.7 Å². The summed E-state index contributed by atoms with van der Waals surface area (Å²) >= 11 is 0. The van der Waals surface area contributed by atoms with Crippen LogP contribution in [0.4, 0.5) is 0 Å². The van der Waals surface area contributed by atoms with Gasteiger partial charge in [0.1, 0.15) is 0 Å². The van der Waals surface area contributed by atoms with Crippen molar-refractivity contribution < 1.29 is 9.59 Å². The highest BCUT2D eigenvalue weighted by atomic mass is 16.2. The second-order valence-electron chi connectivity index (χ2n) is 4.51. The van der Waals surface area contributed by atoms with E-state index < -0.39 is 5.54 Å². The van der Waals surface area contributed by atoms with Gasteiger partial charge in [-0.05, 0) is 27.7 Å². The number of nitrogens with two attached hydrogens (primary N) is 1. The van der Waals surface area contributed by atoms with E-state index in [4.69, 9.17) is 5.73 Å². The first-order valence-corrected chi connectivity index (χ1v) is 5.63. The molecule has 0 saturated carbocycles. The summed E-state index contributed by atoms with van der Waals surface area (Å²) in [6, 6.07) is 0. The normalized spacial score (nSPS) is 11.1. The molecule has 5 heteroatoms. The summed E-state index contributed by atoms with van der Waals surface area (Å²) in [7, 11) is 0. The van der Waals surface area contributed by atoms with Crippen LogP contribution in [0.5, 0.6) is 0 Å². The molecule has 0 aromatic heterocycles. The Labute approximate surface area is 97.4 Å². The van der Waals surface area contributed by atoms with Crippen molar-refractivity contribution in [1.82, 2.24) is 10.2 Å². The van der Waals surface area contributed by atoms with Gasteiger partial charge in [-0.15, -0.1) is 0 Å². The smallest absolute Gasteiger partial charge is 0.241 e. The second-order valence-corrected chi connectivity index (χ2v) is 4.51. The Bertz CT molecular complexity index is 242. The van der Waals surface area contributed by atoms with Gasteiger partial charge in [-0.1, -0.05) is 0 Å². The molecule has 3 N–H and O–H groups in total. The maximum Gasteiger partial charge on any atom is 0.241 e. The molecule has 0 radical (unpaired) electrons. The maximum atomic E-state index is 11.6. The lowest BCUT2D eigenvalue weighted by atomic mass is 10.0. The molecule has 0 rings (SSSR count). The Balaban J connectivity index is 3.97. The topological polar surface area (TPSA) is 75.4 Å². The summed E-state index contributed by atoms with van der Waals surface area (Å²) in [5.41, 5.74) is 5.16. The van der Waals surface area contributed by atoms with Crippen LogP contribution in [0.15, 0.2) is 0 Å². The van der Waals surface area contributed by atoms with Crippen molar-refractivity contribution >= 4 is 11.8 Å². The van der Waals surface area contributed by atoms with Crippen LogP contribution in [0.3, 0.4) is 0 Å². The lowest BCUT2D eigenvalue weighted by Crippen LogP contribution is -2.43. The first-order chi connectivity index (χ1) is 7.30. The highest BCUT2D eigenvalue weighted by Crippen LogP contribution is 2.02. The lowest BCUT2D eigenvalue weighted by molar-refractivity contribution is -0.132. The minimum atomic E-state index is -0.539. The summed E-state index contributed by atoms with van der Waals surface area (Å²) in [6.45, 7) is 8.74. The fourth-order valence-corrected chi connectivity index (χ4v) is 1.34. The number of carbonyl (C=O) groups is 2. The van der Waals surface area contributed by atoms with E-state index in [1.165, 1.54) is 0 Å². The lowest BCUT2D eigenvalue weighted by Gasteiger charge is -2.20. The van der Waals surface area contributed by atoms with Crippen molar-refractivity contribution in [2.75, 3.05) is 19.6 Å². The Hall–Kier alpha value is -1.10. The number of hydrogen-bond acceptors (Lipinski definition) is 3. The van der Waals surface area contributed by atoms with Crippen LogP contribution in [0, 0.1) is 0 Å². The molecule has 5 nitrogen and oxygen atoms in total. The van der Waals surface area contributed by atoms with Crippen molar-refractivity contribution in [1.29, 1.82) is 0 Å². The standard InChI is InChI=1S/C11H23N3O2/c1-5-14(6-2)10(16)8-13-9(15)7-11(3,4)12/h5-8,12H2,1-4H3,(H,13,15). The molecule has 0 saturated heterocycles. The molecule has 0 aromatic rings. The first kappa shape index (κ1) is 14.9. The van der Waals surface area contributed by atoms with E-state index in [9.17, 15) is 9.59 Å². The molecule has 2 amide bonds. The summed E-state index contributed by atoms with van der Waals surface area (Å²) in [5, 5.41) is 2.58. The number of likely N-dealkylation sites (N-methyl/N-ethyl adjacent to an activating group) is 1. The SMILES string of the molecule is CCN(CC)C(=O)CNC(=O)CC(C)(C)N. The largest absolute Gasteiger partial charge is 0.347 e. The van der Waals surface area contributed by atoms with Crippen molar-refractivity contribution in [2.24, 2.45) is 5.73 Å². The molecule has 16 heavy (non-hydrogen) atoms. The molecule has 0 fully saturated rings. The zero-order chi connectivity index (χ0) is 12.8. The van der Waals surface area contributed by atoms with Crippen molar-refractivity contribution in [3.05, 3.63) is 0 Å². The monoisotopic (exact) mass is 229 g/mol. The molecule has 0 aliphatic rings. The first-order valence-electron chi connectivity index (χ1n) is 5.63. The van der Waals surface area contributed by atoms with Gasteiger partial charge in [-0.3, -0.25) is 9.59 Å². The predicted molar refractivity (Wildman–Crippen MR) is 63.8 cm³/mol. The molecule has 0 aliphatic carbocycles. The zero-order valence-electron chi connectivity index (χ0n) is 10.7. The van der Waals surface area contributed by atoms with Crippen LogP contribution in [-0.4, -0.2) is 41.9 Å². The van der Waals surface area contributed by atoms with E-state index in [-0.39, 0.29) is 24.8 Å². The van der Waals surface area contributed by atoms with Crippen LogP contribution in [0.1, 0.15) is 34.1 Å². The summed E-state index contributed by atoms with van der Waals surface area (Å²) < 4.78 is 0. The van der Waals surface area contributed by atoms with Crippen molar-refractivity contribution in [3.8, 4) is 0 Å². The Morgan fingerprint density at radius 2 is 1.75 bits per heavy atom. The Morgan fingerprint density at radius 3 is 2.12 bits per heavy atom. The van der Waals surface area contributed by atoms with Gasteiger partial charge in [0.05, 0.1) is 6.54 Å². The number of carbonyl (C=O) groups excluding carboxylic acids is 2. The maximum absolute atomic E-state index is 11.6. The summed E-state index contributed by atoms with van der Waals surface area (Å²) in [5.74, 6) is -0.249. The average Bonchev–Trinajstić information content (AvgIpc) is 2.14. The molecule has 0 aromatic carbocycles. The third-order valence-corrected chi connectivity index (χ3v) is 2.17. The van der Waals surface area contributed by atoms with E-state index in [0.29, 0.717) is 13.1 Å². The summed E-state index contributed by atoms with van der Waals surface area (Å²) in [4.78, 5) is 24.6. The molecule has 0 atom stereocenters. The molecular formula is C11H23N3O2. The number of amides is 2. The molecule has 0 heterocycles. The fourth-order valence-electron chi connectivity index (χ4n) is 1.34. The van der Waals surface area contributed by atoms with Gasteiger partial charge in [0.2, 0.25) is 11.8 Å². The quantitative estimate of drug-likeness (QED) is 0.678. The van der Waals surface area contributed by atoms with Crippen LogP contribution in [-0.2, 0) is 9.59 Å². The number of nitrogens with one attached hydrogen (secondary N) is 1. The van der Waals surface area contributed by atoms with Crippen LogP contribution >= 0.6 is 0 Å². The molecule has 0 bridgehead atoms. The van der Waals surface area contributed by atoms with E-state index in [2.05, 4.69) is 5.32 Å². The molecule has 0 spiro atoms. The zero-order valence-corrected chi connectivity index (χ0v) is 10.7. The minimum absolute atomic E-state index is 0.0522. The molecule has 94 valence electrons. The highest BCUT2D eigenvalue weighted by molar-refractivity contribution is 5.85. The number of nitrogens with zero attached hydrogens (tertiary/aromatic N) is 1. The van der Waals surface area contributed by atoms with Gasteiger partial charge in [-0.25, -0.2) is 0 Å². The highest BCUT2D eigenvalue weighted by Gasteiger charge is 2.17. The Morgan fingerprint density at radius 1 is 1.25 bits per heavy atom. The molecule has 0 unspecified atom stereocenters. The number of hydrogen-bond donors (Lipinski definition) is 2. The third kappa shape index (κ3) is 6.40. The minimum Gasteiger partial charge on any atom is -0.347 e. The van der Waals surface area contributed by atoms with Gasteiger partial charge < -0.3 is 16.0 Å². The third-order valence-electron chi connectivity index (χ3n) is 2.17. The van der Waals surface area contributed by atoms with Crippen LogP contribution in [0.2, 0.25) is 0 Å². The fraction of sp³-hybridized carbons (Fsp3) is 0.818. The van der Waals surface area contributed by atoms with Gasteiger partial charge in [-0.2, -0.15) is 0 Å². The van der Waals surface area contributed by atoms with Crippen molar-refractivity contribution in [3.63, 3.8) is 0 Å². The van der Waals surface area contributed by atoms with Gasteiger partial charge >= 0.3 is 0 Å². The van der Waals surface area contributed by atoms with Crippen molar-refractivity contribution in [2.45, 2.75) is 39.7 Å². The van der Waals surface area contributed by atoms with E-state index in [1.807, 2.05) is 13.8 Å². The van der Waals surface area contributed by atoms with Gasteiger partial charge in [0.15, 0.2) is 0 Å². The van der Waals surface area contributed by atoms with Gasteiger partial charge in [0.25, 0.3) is 0 Å². The summed E-state index contributed by atoms with van der Waals surface area (Å²) in [6.07, 6.45) is 0.221. The van der Waals surface area contributed by atoms with Crippen LogP contribution < -0.4 is 11.1 Å². The van der Waals surface area contributed by atoms with E-state index >= 15 is 0 Å². The number of rotatable bonds is 6. The average molecular weight is 229 g/mol.